The Kier molecular flexibility index (Phi) is 5.66. The van der Waals surface area contributed by atoms with Crippen LogP contribution < -0.4 is 10.6 Å². The zero-order chi connectivity index (χ0) is 15.1. The Morgan fingerprint density at radius 3 is 2.90 bits per heavy atom. The third-order valence-corrected chi connectivity index (χ3v) is 2.69. The third kappa shape index (κ3) is 3.54. The number of methoxy groups -OCH3 is 1. The van der Waals surface area contributed by atoms with Gasteiger partial charge in [-0.2, -0.15) is 0 Å². The monoisotopic (exact) mass is 283 g/mol. The lowest BCUT2D eigenvalue weighted by molar-refractivity contribution is -0.384. The number of hydrogen-bond acceptors (Lipinski definition) is 7. The molecule has 9 heteroatoms. The van der Waals surface area contributed by atoms with Crippen molar-refractivity contribution in [1.29, 1.82) is 0 Å². The van der Waals surface area contributed by atoms with Gasteiger partial charge in [-0.1, -0.05) is 5.16 Å². The van der Waals surface area contributed by atoms with Gasteiger partial charge >= 0.3 is 5.69 Å². The maximum atomic E-state index is 11.1. The number of nitro groups is 1. The van der Waals surface area contributed by atoms with Gasteiger partial charge in [-0.25, -0.2) is 4.98 Å². The summed E-state index contributed by atoms with van der Waals surface area (Å²) in [5.74, 6) is -0.00358. The van der Waals surface area contributed by atoms with Crippen molar-refractivity contribution in [2.24, 2.45) is 10.9 Å². The quantitative estimate of drug-likeness (QED) is 0.246. The highest BCUT2D eigenvalue weighted by molar-refractivity contribution is 5.97. The Labute approximate surface area is 115 Å². The first-order valence-electron chi connectivity index (χ1n) is 5.91. The van der Waals surface area contributed by atoms with Crippen molar-refractivity contribution in [2.45, 2.75) is 6.92 Å². The molecule has 1 heterocycles. The molecule has 20 heavy (non-hydrogen) atoms. The summed E-state index contributed by atoms with van der Waals surface area (Å²) >= 11 is 0. The van der Waals surface area contributed by atoms with Crippen LogP contribution in [0.3, 0.4) is 0 Å². The van der Waals surface area contributed by atoms with E-state index in [2.05, 4.69) is 10.1 Å². The Hall–Kier alpha value is -2.42. The van der Waals surface area contributed by atoms with E-state index in [1.165, 1.54) is 12.3 Å². The summed E-state index contributed by atoms with van der Waals surface area (Å²) in [4.78, 5) is 16.4. The lowest BCUT2D eigenvalue weighted by Gasteiger charge is -2.21. The number of aromatic nitrogens is 1. The summed E-state index contributed by atoms with van der Waals surface area (Å²) in [5, 5.41) is 22.5. The number of nitrogens with zero attached hydrogens (tertiary/aromatic N) is 4. The van der Waals surface area contributed by atoms with Crippen LogP contribution in [0, 0.1) is 10.1 Å². The largest absolute Gasteiger partial charge is 0.409 e. The van der Waals surface area contributed by atoms with E-state index >= 15 is 0 Å². The van der Waals surface area contributed by atoms with Crippen LogP contribution in [0.1, 0.15) is 12.5 Å². The number of amidine groups is 1. The average Bonchev–Trinajstić information content (AvgIpc) is 2.47. The normalized spacial score (nSPS) is 11.4. The smallest absolute Gasteiger partial charge is 0.312 e. The predicted molar refractivity (Wildman–Crippen MR) is 73.2 cm³/mol. The molecular formula is C11H17N5O4. The summed E-state index contributed by atoms with van der Waals surface area (Å²) in [6, 6.07) is 1.23. The van der Waals surface area contributed by atoms with Crippen LogP contribution in [0.2, 0.25) is 0 Å². The Morgan fingerprint density at radius 1 is 1.70 bits per heavy atom. The van der Waals surface area contributed by atoms with Gasteiger partial charge in [0.25, 0.3) is 0 Å². The van der Waals surface area contributed by atoms with Gasteiger partial charge in [0, 0.05) is 38.0 Å². The molecule has 0 aliphatic rings. The second-order valence-electron chi connectivity index (χ2n) is 3.88. The van der Waals surface area contributed by atoms with Crippen LogP contribution in [0.5, 0.6) is 0 Å². The van der Waals surface area contributed by atoms with Crippen molar-refractivity contribution >= 4 is 17.3 Å². The average molecular weight is 283 g/mol. The first kappa shape index (κ1) is 15.6. The van der Waals surface area contributed by atoms with Gasteiger partial charge in [0.05, 0.1) is 11.5 Å². The molecule has 0 spiro atoms. The topological polar surface area (TPSA) is 127 Å². The molecule has 0 amide bonds. The van der Waals surface area contributed by atoms with Crippen LogP contribution in [0.25, 0.3) is 0 Å². The fourth-order valence-electron chi connectivity index (χ4n) is 1.64. The van der Waals surface area contributed by atoms with Gasteiger partial charge in [0.1, 0.15) is 0 Å². The fourth-order valence-corrected chi connectivity index (χ4v) is 1.64. The summed E-state index contributed by atoms with van der Waals surface area (Å²) < 4.78 is 4.96. The highest BCUT2D eigenvalue weighted by atomic mass is 16.6. The molecule has 1 rings (SSSR count). The highest BCUT2D eigenvalue weighted by Crippen LogP contribution is 2.26. The van der Waals surface area contributed by atoms with Crippen molar-refractivity contribution in [1.82, 2.24) is 4.98 Å². The number of ether oxygens (including phenoxy) is 1. The van der Waals surface area contributed by atoms with E-state index in [9.17, 15) is 10.1 Å². The molecule has 0 aliphatic carbocycles. The van der Waals surface area contributed by atoms with E-state index in [1.54, 1.807) is 12.0 Å². The molecule has 0 aliphatic heterocycles. The lowest BCUT2D eigenvalue weighted by atomic mass is 10.2. The van der Waals surface area contributed by atoms with E-state index in [0.717, 1.165) is 0 Å². The van der Waals surface area contributed by atoms with E-state index in [1.807, 2.05) is 6.92 Å². The summed E-state index contributed by atoms with van der Waals surface area (Å²) in [7, 11) is 1.55. The van der Waals surface area contributed by atoms with E-state index in [4.69, 9.17) is 15.7 Å². The highest BCUT2D eigenvalue weighted by Gasteiger charge is 2.22. The van der Waals surface area contributed by atoms with Crippen LogP contribution in [-0.4, -0.2) is 47.8 Å². The van der Waals surface area contributed by atoms with E-state index in [0.29, 0.717) is 19.7 Å². The number of hydrogen-bond donors (Lipinski definition) is 2. The number of anilines is 1. The van der Waals surface area contributed by atoms with Crippen LogP contribution in [0.4, 0.5) is 11.5 Å². The van der Waals surface area contributed by atoms with Crippen LogP contribution >= 0.6 is 0 Å². The Morgan fingerprint density at radius 2 is 2.40 bits per heavy atom. The predicted octanol–water partition coefficient (Wildman–Crippen LogP) is 0.557. The molecule has 0 saturated carbocycles. The molecule has 9 nitrogen and oxygen atoms in total. The Bertz CT molecular complexity index is 506. The first-order chi connectivity index (χ1) is 9.54. The van der Waals surface area contributed by atoms with Crippen molar-refractivity contribution in [2.75, 3.05) is 31.7 Å². The molecule has 0 unspecified atom stereocenters. The van der Waals surface area contributed by atoms with Gasteiger partial charge in [0.2, 0.25) is 5.82 Å². The lowest BCUT2D eigenvalue weighted by Crippen LogP contribution is -2.28. The standard InChI is InChI=1S/C11H17N5O4/c1-3-15(4-5-20-2)11-9(16(18)19)6-8(7-13-11)10(12)14-17/h6-7,17H,3-5H2,1-2H3,(H2,12,14). The molecule has 0 fully saturated rings. The van der Waals surface area contributed by atoms with Crippen molar-refractivity contribution in [3.05, 3.63) is 27.9 Å². The van der Waals surface area contributed by atoms with Crippen molar-refractivity contribution in [3.8, 4) is 0 Å². The van der Waals surface area contributed by atoms with Crippen molar-refractivity contribution < 1.29 is 14.9 Å². The minimum absolute atomic E-state index is 0.186. The molecule has 3 N–H and O–H groups in total. The minimum atomic E-state index is -0.550. The zero-order valence-corrected chi connectivity index (χ0v) is 11.3. The number of likely N-dealkylation sites (N-methyl/N-ethyl adjacent to an activating group) is 1. The summed E-state index contributed by atoms with van der Waals surface area (Å²) in [6.07, 6.45) is 1.33. The molecule has 0 bridgehead atoms. The van der Waals surface area contributed by atoms with Crippen molar-refractivity contribution in [3.63, 3.8) is 0 Å². The molecule has 0 saturated heterocycles. The number of nitrogens with two attached hydrogens (primary N) is 1. The SMILES string of the molecule is CCN(CCOC)c1ncc(C(N)=NO)cc1[N+](=O)[O-]. The minimum Gasteiger partial charge on any atom is -0.409 e. The van der Waals surface area contributed by atoms with Gasteiger partial charge in [-0.3, -0.25) is 10.1 Å². The maximum absolute atomic E-state index is 11.1. The van der Waals surface area contributed by atoms with Gasteiger partial charge in [0.15, 0.2) is 5.84 Å². The fraction of sp³-hybridized carbons (Fsp3) is 0.455. The molecule has 1 aromatic heterocycles. The maximum Gasteiger partial charge on any atom is 0.312 e. The number of oxime groups is 1. The summed E-state index contributed by atoms with van der Waals surface area (Å²) in [5.41, 5.74) is 5.39. The zero-order valence-electron chi connectivity index (χ0n) is 11.3. The Balaban J connectivity index is 3.21. The van der Waals surface area contributed by atoms with E-state index < -0.39 is 4.92 Å². The molecule has 1 aromatic rings. The second-order valence-corrected chi connectivity index (χ2v) is 3.88. The van der Waals surface area contributed by atoms with Gasteiger partial charge < -0.3 is 20.6 Å². The molecule has 0 aromatic carbocycles. The van der Waals surface area contributed by atoms with Gasteiger partial charge in [-0.15, -0.1) is 0 Å². The summed E-state index contributed by atoms with van der Waals surface area (Å²) in [6.45, 7) is 3.30. The van der Waals surface area contributed by atoms with Crippen LogP contribution in [-0.2, 0) is 4.74 Å². The van der Waals surface area contributed by atoms with Gasteiger partial charge in [-0.05, 0) is 6.92 Å². The number of pyridine rings is 1. The molecular weight excluding hydrogens is 266 g/mol. The molecule has 110 valence electrons. The number of rotatable bonds is 7. The van der Waals surface area contributed by atoms with E-state index in [-0.39, 0.29) is 22.9 Å². The van der Waals surface area contributed by atoms with Crippen LogP contribution in [0.15, 0.2) is 17.4 Å². The first-order valence-corrected chi connectivity index (χ1v) is 5.91. The molecule has 0 radical (unpaired) electrons. The molecule has 0 atom stereocenters. The third-order valence-electron chi connectivity index (χ3n) is 2.69. The second kappa shape index (κ2) is 7.24.